The van der Waals surface area contributed by atoms with Crippen molar-refractivity contribution in [1.29, 1.82) is 0 Å². The van der Waals surface area contributed by atoms with Crippen molar-refractivity contribution in [3.63, 3.8) is 0 Å². The molecule has 0 saturated carbocycles. The lowest BCUT2D eigenvalue weighted by molar-refractivity contribution is 0.0863. The second kappa shape index (κ2) is 18.4. The number of likely N-dealkylation sites (tertiary alicyclic amines) is 1. The Morgan fingerprint density at radius 3 is 1.59 bits per heavy atom. The highest BCUT2D eigenvalue weighted by molar-refractivity contribution is 8.01. The monoisotopic (exact) mass is 821 g/mol. The van der Waals surface area contributed by atoms with Gasteiger partial charge in [-0.1, -0.05) is 115 Å². The van der Waals surface area contributed by atoms with Crippen molar-refractivity contribution in [2.24, 2.45) is 0 Å². The Kier molecular flexibility index (Phi) is 12.9. The van der Waals surface area contributed by atoms with Crippen molar-refractivity contribution < 1.29 is 37.0 Å². The van der Waals surface area contributed by atoms with Gasteiger partial charge in [0.05, 0.1) is 25.0 Å². The zero-order valence-corrected chi connectivity index (χ0v) is 34.1. The fourth-order valence-corrected chi connectivity index (χ4v) is 11.1. The molecule has 2 aliphatic rings. The predicted octanol–water partition coefficient (Wildman–Crippen LogP) is 8.10. The minimum atomic E-state index is -4.28. The summed E-state index contributed by atoms with van der Waals surface area (Å²) in [5, 5.41) is -0.141. The lowest BCUT2D eigenvalue weighted by Gasteiger charge is -2.37. The van der Waals surface area contributed by atoms with Gasteiger partial charge in [0.2, 0.25) is 0 Å². The van der Waals surface area contributed by atoms with Gasteiger partial charge in [0.1, 0.15) is 24.7 Å². The Labute approximate surface area is 344 Å². The van der Waals surface area contributed by atoms with Crippen LogP contribution in [-0.2, 0) is 37.6 Å². The number of methoxy groups -OCH3 is 2. The van der Waals surface area contributed by atoms with E-state index < -0.39 is 33.2 Å². The Balaban J connectivity index is 1.16. The molecule has 0 aromatic heterocycles. The van der Waals surface area contributed by atoms with E-state index in [1.54, 1.807) is 67.3 Å². The molecule has 0 radical (unpaired) electrons. The molecule has 2 heterocycles. The fraction of sp³-hybridized carbons (Fsp3) is 0.289. The number of hydrogen-bond donors (Lipinski definition) is 0. The van der Waals surface area contributed by atoms with Crippen LogP contribution in [0.15, 0.2) is 140 Å². The number of rotatable bonds is 13. The van der Waals surface area contributed by atoms with E-state index >= 15 is 0 Å². The number of benzene rings is 5. The van der Waals surface area contributed by atoms with E-state index in [9.17, 15) is 18.0 Å². The van der Waals surface area contributed by atoms with Crippen LogP contribution in [0.4, 0.5) is 9.59 Å². The van der Waals surface area contributed by atoms with Crippen LogP contribution in [0.3, 0.4) is 0 Å². The van der Waals surface area contributed by atoms with E-state index in [4.69, 9.17) is 18.9 Å². The summed E-state index contributed by atoms with van der Waals surface area (Å²) in [6.45, 7) is 0.402. The van der Waals surface area contributed by atoms with E-state index in [2.05, 4.69) is 36.4 Å². The molecule has 58 heavy (non-hydrogen) atoms. The minimum absolute atomic E-state index is 0.00914. The maximum atomic E-state index is 14.1. The number of thioether (sulfide) groups is 1. The molecule has 2 fully saturated rings. The van der Waals surface area contributed by atoms with Crippen LogP contribution in [0, 0.1) is 0 Å². The molecule has 0 unspecified atom stereocenters. The first-order valence-electron chi connectivity index (χ1n) is 19.2. The molecule has 5 aromatic rings. The molecule has 0 spiro atoms. The molecule has 11 nitrogen and oxygen atoms in total. The van der Waals surface area contributed by atoms with Crippen LogP contribution in [0.5, 0.6) is 11.5 Å². The van der Waals surface area contributed by atoms with Crippen molar-refractivity contribution in [2.45, 2.75) is 42.1 Å². The predicted molar refractivity (Wildman–Crippen MR) is 224 cm³/mol. The molecule has 0 N–H and O–H groups in total. The Bertz CT molecular complexity index is 2130. The number of hydrogen-bond acceptors (Lipinski definition) is 9. The average Bonchev–Trinajstić information content (AvgIpc) is 3.67. The molecule has 2 atom stereocenters. The Morgan fingerprint density at radius 1 is 0.655 bits per heavy atom. The first-order chi connectivity index (χ1) is 28.2. The van der Waals surface area contributed by atoms with Gasteiger partial charge >= 0.3 is 22.4 Å². The second-order valence-electron chi connectivity index (χ2n) is 14.2. The number of amides is 2. The molecule has 2 amide bonds. The number of ether oxygens (including phenoxy) is 4. The van der Waals surface area contributed by atoms with E-state index in [0.717, 1.165) is 26.6 Å². The topological polar surface area (TPSA) is 115 Å². The van der Waals surface area contributed by atoms with Gasteiger partial charge in [-0.3, -0.25) is 0 Å². The summed E-state index contributed by atoms with van der Waals surface area (Å²) in [6.07, 6.45) is -0.610. The van der Waals surface area contributed by atoms with E-state index in [0.29, 0.717) is 36.4 Å². The second-order valence-corrected chi connectivity index (χ2v) is 17.5. The molecule has 7 rings (SSSR count). The highest BCUT2D eigenvalue weighted by atomic mass is 32.2. The molecule has 0 bridgehead atoms. The largest absolute Gasteiger partial charge is 0.497 e. The standard InChI is InChI=1S/C45H47N3O8S2/c1-53-40-23-19-34(20-24-40)32-55-43(49)47-31-42(57-45(36-13-6-3-7-14-36,37-15-8-4-9-16-37)38-17-10-5-11-18-38)29-39(47)30-46-27-12-28-48(58(46,51)52)44(50)56-33-35-21-25-41(54-2)26-22-35/h3-11,13-26,39,42H,12,27-33H2,1-2H3/t39-,42-/m0/s1. The molecular formula is C45H47N3O8S2. The van der Waals surface area contributed by atoms with Crippen molar-refractivity contribution in [2.75, 3.05) is 40.4 Å². The zero-order chi connectivity index (χ0) is 40.5. The van der Waals surface area contributed by atoms with Crippen LogP contribution in [0.25, 0.3) is 0 Å². The molecule has 13 heteroatoms. The molecule has 2 saturated heterocycles. The quantitative estimate of drug-likeness (QED) is 0.109. The van der Waals surface area contributed by atoms with Gasteiger partial charge in [-0.15, -0.1) is 11.8 Å². The summed E-state index contributed by atoms with van der Waals surface area (Å²) < 4.78 is 51.6. The van der Waals surface area contributed by atoms with Gasteiger partial charge in [0, 0.05) is 31.4 Å². The van der Waals surface area contributed by atoms with Gasteiger partial charge in [-0.05, 0) is 64.9 Å². The third-order valence-corrected chi connectivity index (χ3v) is 14.1. The number of carbonyl (C=O) groups excluding carboxylic acids is 2. The fourth-order valence-electron chi connectivity index (χ4n) is 7.58. The Hall–Kier alpha value is -5.50. The highest BCUT2D eigenvalue weighted by Crippen LogP contribution is 2.52. The van der Waals surface area contributed by atoms with Crippen LogP contribution < -0.4 is 9.47 Å². The molecule has 2 aliphatic heterocycles. The Morgan fingerprint density at radius 2 is 1.12 bits per heavy atom. The van der Waals surface area contributed by atoms with Crippen LogP contribution >= 0.6 is 11.8 Å². The normalized spacial score (nSPS) is 18.0. The molecular weight excluding hydrogens is 775 g/mol. The highest BCUT2D eigenvalue weighted by Gasteiger charge is 2.47. The van der Waals surface area contributed by atoms with Gasteiger partial charge in [0.25, 0.3) is 0 Å². The van der Waals surface area contributed by atoms with Crippen molar-refractivity contribution in [1.82, 2.24) is 13.5 Å². The van der Waals surface area contributed by atoms with Crippen LogP contribution in [0.2, 0.25) is 0 Å². The lowest BCUT2D eigenvalue weighted by atomic mass is 9.84. The minimum Gasteiger partial charge on any atom is -0.497 e. The maximum absolute atomic E-state index is 14.1. The average molecular weight is 822 g/mol. The SMILES string of the molecule is COc1ccc(COC(=O)N2C[C@@H](SC(c3ccccc3)(c3ccccc3)c3ccccc3)C[C@H]2CN2CCCN(C(=O)OCc3ccc(OC)cc3)S2(=O)=O)cc1. The smallest absolute Gasteiger partial charge is 0.424 e. The van der Waals surface area contributed by atoms with Gasteiger partial charge in [0.15, 0.2) is 0 Å². The summed E-state index contributed by atoms with van der Waals surface area (Å²) >= 11 is 1.75. The summed E-state index contributed by atoms with van der Waals surface area (Å²) in [7, 11) is -1.13. The molecule has 5 aromatic carbocycles. The number of nitrogens with zero attached hydrogens (tertiary/aromatic N) is 3. The zero-order valence-electron chi connectivity index (χ0n) is 32.5. The molecule has 302 valence electrons. The van der Waals surface area contributed by atoms with Gasteiger partial charge < -0.3 is 23.8 Å². The van der Waals surface area contributed by atoms with Crippen molar-refractivity contribution in [3.05, 3.63) is 167 Å². The summed E-state index contributed by atoms with van der Waals surface area (Å²) in [5.41, 5.74) is 4.72. The first kappa shape index (κ1) is 40.7. The lowest BCUT2D eigenvalue weighted by Crippen LogP contribution is -2.55. The summed E-state index contributed by atoms with van der Waals surface area (Å²) in [5.74, 6) is 1.34. The van der Waals surface area contributed by atoms with E-state index in [1.165, 1.54) is 4.31 Å². The van der Waals surface area contributed by atoms with E-state index in [1.807, 2.05) is 66.7 Å². The summed E-state index contributed by atoms with van der Waals surface area (Å²) in [4.78, 5) is 29.1. The van der Waals surface area contributed by atoms with Crippen LogP contribution in [-0.4, -0.2) is 85.8 Å². The van der Waals surface area contributed by atoms with Gasteiger partial charge in [-0.25, -0.2) is 9.59 Å². The van der Waals surface area contributed by atoms with Crippen molar-refractivity contribution >= 4 is 34.2 Å². The van der Waals surface area contributed by atoms with Crippen molar-refractivity contribution in [3.8, 4) is 11.5 Å². The van der Waals surface area contributed by atoms with E-state index in [-0.39, 0.29) is 38.1 Å². The third kappa shape index (κ3) is 8.96. The third-order valence-electron chi connectivity index (χ3n) is 10.5. The first-order valence-corrected chi connectivity index (χ1v) is 21.5. The number of carbonyl (C=O) groups is 2. The van der Waals surface area contributed by atoms with Crippen LogP contribution in [0.1, 0.15) is 40.7 Å². The van der Waals surface area contributed by atoms with Gasteiger partial charge in [-0.2, -0.15) is 17.0 Å². The summed E-state index contributed by atoms with van der Waals surface area (Å²) in [6, 6.07) is 44.7. The maximum Gasteiger partial charge on any atom is 0.424 e. The molecule has 0 aliphatic carbocycles.